The maximum atomic E-state index is 11.2. The number of carbonyl (C=O) groups excluding carboxylic acids is 1. The molecule has 0 aliphatic carbocycles. The predicted molar refractivity (Wildman–Crippen MR) is 136 cm³/mol. The van der Waals surface area contributed by atoms with E-state index in [1.54, 1.807) is 0 Å². The van der Waals surface area contributed by atoms with E-state index in [2.05, 4.69) is 61.6 Å². The van der Waals surface area contributed by atoms with Gasteiger partial charge in [-0.25, -0.2) is 0 Å². The van der Waals surface area contributed by atoms with Crippen LogP contribution in [0.3, 0.4) is 0 Å². The van der Waals surface area contributed by atoms with Gasteiger partial charge >= 0.3 is 189 Å². The van der Waals surface area contributed by atoms with Crippen molar-refractivity contribution in [3.8, 4) is 0 Å². The summed E-state index contributed by atoms with van der Waals surface area (Å²) in [6, 6.07) is 0. The number of unbranched alkanes of at least 4 members (excludes halogenated alkanes) is 3. The Morgan fingerprint density at radius 1 is 0.931 bits per heavy atom. The molecule has 0 saturated heterocycles. The zero-order valence-corrected chi connectivity index (χ0v) is 25.2. The Labute approximate surface area is 188 Å². The van der Waals surface area contributed by atoms with Crippen LogP contribution in [0.15, 0.2) is 11.3 Å². The van der Waals surface area contributed by atoms with Gasteiger partial charge in [-0.15, -0.1) is 0 Å². The van der Waals surface area contributed by atoms with Gasteiger partial charge in [-0.3, -0.25) is 0 Å². The molecule has 0 saturated carbocycles. The second kappa shape index (κ2) is 14.3. The zero-order chi connectivity index (χ0) is 22.6. The summed E-state index contributed by atoms with van der Waals surface area (Å²) in [5.74, 6) is 1.18. The van der Waals surface area contributed by atoms with Crippen molar-refractivity contribution in [1.82, 2.24) is 0 Å². The average molecular weight is 531 g/mol. The topological polar surface area (TPSA) is 26.3 Å². The van der Waals surface area contributed by atoms with Crippen LogP contribution >= 0.6 is 0 Å². The van der Waals surface area contributed by atoms with Gasteiger partial charge in [0.2, 0.25) is 0 Å². The summed E-state index contributed by atoms with van der Waals surface area (Å²) in [4.78, 5) is 11.2. The Bertz CT molecular complexity index is 470. The van der Waals surface area contributed by atoms with Crippen molar-refractivity contribution < 1.29 is 9.22 Å². The Balaban J connectivity index is 5.89. The van der Waals surface area contributed by atoms with Crippen LogP contribution in [-0.4, -0.2) is 33.0 Å². The molecule has 4 heteroatoms. The fourth-order valence-electron chi connectivity index (χ4n) is 3.96. The third-order valence-electron chi connectivity index (χ3n) is 6.97. The van der Waals surface area contributed by atoms with Gasteiger partial charge in [-0.05, 0) is 0 Å². The van der Waals surface area contributed by atoms with Gasteiger partial charge < -0.3 is 0 Å². The third-order valence-corrected chi connectivity index (χ3v) is 27.1. The Hall–Kier alpha value is 0.226. The van der Waals surface area contributed by atoms with E-state index in [0.29, 0.717) is 6.42 Å². The summed E-state index contributed by atoms with van der Waals surface area (Å²) in [7, 11) is -1.88. The molecule has 0 rings (SSSR count). The number of aldehydes is 1. The van der Waals surface area contributed by atoms with E-state index < -0.39 is 26.7 Å². The first-order valence-corrected chi connectivity index (χ1v) is 23.3. The molecule has 0 aromatic heterocycles. The molecular weight excluding hydrogens is 479 g/mol. The van der Waals surface area contributed by atoms with Crippen molar-refractivity contribution in [3.05, 3.63) is 11.3 Å². The van der Waals surface area contributed by atoms with Gasteiger partial charge in [-0.2, -0.15) is 0 Å². The quantitative estimate of drug-likeness (QED) is 0.113. The van der Waals surface area contributed by atoms with Crippen LogP contribution in [0.25, 0.3) is 0 Å². The second-order valence-corrected chi connectivity index (χ2v) is 29.3. The Morgan fingerprint density at radius 2 is 1.38 bits per heavy atom. The Kier molecular flexibility index (Phi) is 14.4. The van der Waals surface area contributed by atoms with Crippen molar-refractivity contribution >= 4 is 33.0 Å². The van der Waals surface area contributed by atoms with Gasteiger partial charge in [-0.1, -0.05) is 0 Å². The standard InChI is InChI=1S/C13H25O2Si.3C4H9.Sn/c1-11(2)12(9-8-10-14)15-16(6,7)13(3,4)5;3*1-3-4-2;/h10H,1,8-9H2,2-7H3;3*1,3-4H2,2H3;/b12-11-;;;;. The first-order valence-electron chi connectivity index (χ1n) is 12.3. The molecule has 0 fully saturated rings. The molecule has 0 aliphatic rings. The van der Waals surface area contributed by atoms with Crippen LogP contribution in [0, 0.1) is 0 Å². The molecule has 0 spiro atoms. The van der Waals surface area contributed by atoms with E-state index in [4.69, 9.17) is 4.43 Å². The number of allylic oxidation sites excluding steroid dienone is 2. The number of hydrogen-bond donors (Lipinski definition) is 0. The van der Waals surface area contributed by atoms with Crippen LogP contribution in [0.4, 0.5) is 0 Å². The summed E-state index contributed by atoms with van der Waals surface area (Å²) < 4.78 is 12.8. The van der Waals surface area contributed by atoms with Crippen molar-refractivity contribution in [2.45, 2.75) is 136 Å². The first kappa shape index (κ1) is 29.2. The maximum absolute atomic E-state index is 11.2. The van der Waals surface area contributed by atoms with Gasteiger partial charge in [0.1, 0.15) is 0 Å². The molecule has 0 bridgehead atoms. The van der Waals surface area contributed by atoms with Gasteiger partial charge in [0.25, 0.3) is 0 Å². The summed E-state index contributed by atoms with van der Waals surface area (Å²) in [5, 5.41) is 0.187. The number of hydrogen-bond acceptors (Lipinski definition) is 2. The van der Waals surface area contributed by atoms with Crippen molar-refractivity contribution in [3.63, 3.8) is 0 Å². The van der Waals surface area contributed by atoms with Crippen LogP contribution in [0.5, 0.6) is 0 Å². The van der Waals surface area contributed by atoms with E-state index in [1.165, 1.54) is 67.6 Å². The molecule has 0 radical (unpaired) electrons. The summed E-state index contributed by atoms with van der Waals surface area (Å²) in [6.07, 6.45) is 10.6. The molecule has 0 atom stereocenters. The normalized spacial score (nSPS) is 14.0. The molecule has 0 unspecified atom stereocenters. The van der Waals surface area contributed by atoms with Crippen molar-refractivity contribution in [2.24, 2.45) is 0 Å². The summed E-state index contributed by atoms with van der Waals surface area (Å²) in [6.45, 7) is 20.9. The van der Waals surface area contributed by atoms with Gasteiger partial charge in [0.15, 0.2) is 0 Å². The van der Waals surface area contributed by atoms with Gasteiger partial charge in [0.05, 0.1) is 0 Å². The van der Waals surface area contributed by atoms with E-state index in [9.17, 15) is 4.79 Å². The fraction of sp³-hybridized carbons (Fsp3) is 0.880. The van der Waals surface area contributed by atoms with Crippen LogP contribution in [0.2, 0.25) is 35.9 Å². The van der Waals surface area contributed by atoms with Gasteiger partial charge in [0, 0.05) is 0 Å². The van der Waals surface area contributed by atoms with Crippen LogP contribution in [-0.2, 0) is 9.22 Å². The van der Waals surface area contributed by atoms with Crippen LogP contribution in [0.1, 0.15) is 99.8 Å². The van der Waals surface area contributed by atoms with Crippen molar-refractivity contribution in [2.75, 3.05) is 0 Å². The van der Waals surface area contributed by atoms with E-state index in [0.717, 1.165) is 12.7 Å². The molecule has 0 aromatic rings. The second-order valence-electron chi connectivity index (χ2n) is 10.8. The SMILES string of the molecule is CCC[CH2][Sn]([CH2]CCC)([CH2]CCC)[CH2]/C(C)=C(\CCC=O)O[Si](C)(C)C(C)(C)C. The molecule has 0 amide bonds. The predicted octanol–water partition coefficient (Wildman–Crippen LogP) is 9.11. The summed E-state index contributed by atoms with van der Waals surface area (Å²) >= 11 is -2.25. The third kappa shape index (κ3) is 10.9. The van der Waals surface area contributed by atoms with E-state index >= 15 is 0 Å². The average Bonchev–Trinajstić information content (AvgIpc) is 2.65. The molecule has 0 heterocycles. The minimum atomic E-state index is -2.25. The zero-order valence-electron chi connectivity index (χ0n) is 21.4. The monoisotopic (exact) mass is 532 g/mol. The molecule has 2 nitrogen and oxygen atoms in total. The number of rotatable bonds is 16. The van der Waals surface area contributed by atoms with Crippen molar-refractivity contribution in [1.29, 1.82) is 0 Å². The molecule has 0 aromatic carbocycles. The Morgan fingerprint density at radius 3 is 1.72 bits per heavy atom. The number of carbonyl (C=O) groups is 1. The molecular formula is C25H52O2SiSn. The first-order chi connectivity index (χ1) is 13.5. The molecule has 172 valence electrons. The van der Waals surface area contributed by atoms with E-state index in [-0.39, 0.29) is 5.04 Å². The molecule has 29 heavy (non-hydrogen) atoms. The summed E-state index contributed by atoms with van der Waals surface area (Å²) in [5.41, 5.74) is 1.50. The molecule has 0 N–H and O–H groups in total. The van der Waals surface area contributed by atoms with Crippen LogP contribution < -0.4 is 0 Å². The molecule has 0 aliphatic heterocycles. The fourth-order valence-corrected chi connectivity index (χ4v) is 22.0. The van der Waals surface area contributed by atoms with E-state index in [1.807, 2.05) is 0 Å². The minimum absolute atomic E-state index is 0.187.